The van der Waals surface area contributed by atoms with E-state index in [0.717, 1.165) is 28.4 Å². The lowest BCUT2D eigenvalue weighted by molar-refractivity contribution is 0.0501. The molecule has 4 heteroatoms. The van der Waals surface area contributed by atoms with Gasteiger partial charge >= 0.3 is 0 Å². The van der Waals surface area contributed by atoms with Crippen LogP contribution in [0.1, 0.15) is 11.1 Å². The molecule has 2 aromatic carbocycles. The van der Waals surface area contributed by atoms with E-state index in [9.17, 15) is 0 Å². The Labute approximate surface area is 119 Å². The molecule has 0 fully saturated rings. The van der Waals surface area contributed by atoms with E-state index in [1.165, 1.54) is 0 Å². The van der Waals surface area contributed by atoms with Crippen molar-refractivity contribution in [2.24, 2.45) is 0 Å². The fourth-order valence-corrected chi connectivity index (χ4v) is 1.99. The Morgan fingerprint density at radius 1 is 0.950 bits per heavy atom. The van der Waals surface area contributed by atoms with Crippen molar-refractivity contribution in [2.75, 3.05) is 19.6 Å². The lowest BCUT2D eigenvalue weighted by Crippen LogP contribution is -2.02. The first-order valence-electron chi connectivity index (χ1n) is 6.36. The Bertz CT molecular complexity index is 556. The average molecular weight is 273 g/mol. The number of methoxy groups -OCH3 is 1. The number of hydrogen-bond acceptors (Lipinski definition) is 4. The minimum atomic E-state index is 0.236. The molecule has 4 nitrogen and oxygen atoms in total. The molecule has 0 amide bonds. The van der Waals surface area contributed by atoms with Gasteiger partial charge in [0.15, 0.2) is 6.79 Å². The van der Waals surface area contributed by atoms with Crippen LogP contribution in [0.2, 0.25) is 0 Å². The Morgan fingerprint density at radius 2 is 1.55 bits per heavy atom. The molecule has 20 heavy (non-hydrogen) atoms. The second-order valence-electron chi connectivity index (χ2n) is 4.61. The highest BCUT2D eigenvalue weighted by Crippen LogP contribution is 2.31. The van der Waals surface area contributed by atoms with Gasteiger partial charge in [-0.2, -0.15) is 0 Å². The van der Waals surface area contributed by atoms with Gasteiger partial charge in [0.2, 0.25) is 0 Å². The van der Waals surface area contributed by atoms with Crippen LogP contribution >= 0.6 is 0 Å². The lowest BCUT2D eigenvalue weighted by atomic mass is 10.1. The summed E-state index contributed by atoms with van der Waals surface area (Å²) in [4.78, 5) is 0. The molecule has 2 rings (SSSR count). The Balaban J connectivity index is 2.19. The molecule has 106 valence electrons. The molecule has 0 spiro atoms. The van der Waals surface area contributed by atoms with Crippen molar-refractivity contribution in [3.8, 4) is 17.2 Å². The number of nitrogen functional groups attached to an aromatic ring is 1. The van der Waals surface area contributed by atoms with Crippen molar-refractivity contribution in [1.82, 2.24) is 0 Å². The topological polar surface area (TPSA) is 53.7 Å². The van der Waals surface area contributed by atoms with Crippen molar-refractivity contribution in [2.45, 2.75) is 13.8 Å². The maximum absolute atomic E-state index is 5.81. The zero-order valence-electron chi connectivity index (χ0n) is 12.0. The number of rotatable bonds is 5. The fourth-order valence-electron chi connectivity index (χ4n) is 1.99. The molecule has 0 aromatic heterocycles. The molecule has 0 bridgehead atoms. The molecule has 0 atom stereocenters. The summed E-state index contributed by atoms with van der Waals surface area (Å²) < 4.78 is 16.3. The zero-order chi connectivity index (χ0) is 14.5. The molecule has 0 aliphatic heterocycles. The second-order valence-corrected chi connectivity index (χ2v) is 4.61. The first-order valence-corrected chi connectivity index (χ1v) is 6.36. The van der Waals surface area contributed by atoms with Crippen LogP contribution in [-0.2, 0) is 4.74 Å². The Kier molecular flexibility index (Phi) is 4.48. The second kappa shape index (κ2) is 6.30. The Hall–Kier alpha value is -2.20. The molecule has 0 unspecified atom stereocenters. The maximum atomic E-state index is 5.81. The summed E-state index contributed by atoms with van der Waals surface area (Å²) in [6.45, 7) is 4.20. The highest BCUT2D eigenvalue weighted by Gasteiger charge is 2.08. The summed E-state index contributed by atoms with van der Waals surface area (Å²) in [5.74, 6) is 2.36. The van der Waals surface area contributed by atoms with Crippen LogP contribution < -0.4 is 15.2 Å². The van der Waals surface area contributed by atoms with Gasteiger partial charge in [0.05, 0.1) is 0 Å². The number of ether oxygens (including phenoxy) is 3. The number of nitrogens with two attached hydrogens (primary N) is 1. The van der Waals surface area contributed by atoms with Crippen molar-refractivity contribution in [3.05, 3.63) is 47.5 Å². The van der Waals surface area contributed by atoms with Crippen molar-refractivity contribution >= 4 is 5.69 Å². The van der Waals surface area contributed by atoms with Crippen LogP contribution in [-0.4, -0.2) is 13.9 Å². The first kappa shape index (κ1) is 14.2. The molecule has 2 N–H and O–H groups in total. The van der Waals surface area contributed by atoms with Gasteiger partial charge in [-0.3, -0.25) is 0 Å². The van der Waals surface area contributed by atoms with Crippen molar-refractivity contribution < 1.29 is 14.2 Å². The number of aryl methyl sites for hydroxylation is 2. The smallest absolute Gasteiger partial charge is 0.188 e. The van der Waals surface area contributed by atoms with E-state index in [1.54, 1.807) is 7.11 Å². The van der Waals surface area contributed by atoms with E-state index < -0.39 is 0 Å². The number of anilines is 1. The molecule has 0 saturated heterocycles. The summed E-state index contributed by atoms with van der Waals surface area (Å²) in [6, 6.07) is 11.2. The van der Waals surface area contributed by atoms with Gasteiger partial charge in [-0.1, -0.05) is 0 Å². The predicted octanol–water partition coefficient (Wildman–Crippen LogP) is 3.66. The molecule has 0 heterocycles. The monoisotopic (exact) mass is 273 g/mol. The van der Waals surface area contributed by atoms with Gasteiger partial charge in [-0.15, -0.1) is 0 Å². The van der Waals surface area contributed by atoms with Gasteiger partial charge in [-0.25, -0.2) is 0 Å². The molecule has 0 radical (unpaired) electrons. The zero-order valence-corrected chi connectivity index (χ0v) is 12.0. The number of benzene rings is 2. The summed E-state index contributed by atoms with van der Waals surface area (Å²) in [5.41, 5.74) is 8.38. The van der Waals surface area contributed by atoms with Gasteiger partial charge in [0.25, 0.3) is 0 Å². The van der Waals surface area contributed by atoms with Gasteiger partial charge < -0.3 is 19.9 Å². The normalized spacial score (nSPS) is 10.3. The third-order valence-electron chi connectivity index (χ3n) is 2.87. The molecule has 0 saturated carbocycles. The highest BCUT2D eigenvalue weighted by atomic mass is 16.7. The van der Waals surface area contributed by atoms with Crippen molar-refractivity contribution in [1.29, 1.82) is 0 Å². The third-order valence-corrected chi connectivity index (χ3v) is 2.87. The summed E-state index contributed by atoms with van der Waals surface area (Å²) >= 11 is 0. The average Bonchev–Trinajstić information content (AvgIpc) is 2.41. The largest absolute Gasteiger partial charge is 0.467 e. The highest BCUT2D eigenvalue weighted by molar-refractivity contribution is 5.48. The lowest BCUT2D eigenvalue weighted by Gasteiger charge is -2.14. The van der Waals surface area contributed by atoms with Crippen LogP contribution in [0.15, 0.2) is 36.4 Å². The van der Waals surface area contributed by atoms with E-state index >= 15 is 0 Å². The maximum Gasteiger partial charge on any atom is 0.188 e. The summed E-state index contributed by atoms with van der Waals surface area (Å²) in [5, 5.41) is 0. The molecular formula is C16H19NO3. The standard InChI is InChI=1S/C16H19NO3/c1-11-8-15(9-12(2)16(11)19-10-18-3)20-14-6-4-13(17)5-7-14/h4-9H,10,17H2,1-3H3. The third kappa shape index (κ3) is 3.42. The van der Waals surface area contributed by atoms with Gasteiger partial charge in [-0.05, 0) is 61.4 Å². The molecular weight excluding hydrogens is 254 g/mol. The van der Waals surface area contributed by atoms with Crippen LogP contribution in [0.5, 0.6) is 17.2 Å². The van der Waals surface area contributed by atoms with Crippen LogP contribution in [0.25, 0.3) is 0 Å². The van der Waals surface area contributed by atoms with E-state index in [2.05, 4.69) is 0 Å². The SMILES string of the molecule is COCOc1c(C)cc(Oc2ccc(N)cc2)cc1C. The minimum Gasteiger partial charge on any atom is -0.467 e. The van der Waals surface area contributed by atoms with Gasteiger partial charge in [0, 0.05) is 12.8 Å². The molecule has 2 aromatic rings. The van der Waals surface area contributed by atoms with Crippen LogP contribution in [0.4, 0.5) is 5.69 Å². The minimum absolute atomic E-state index is 0.236. The molecule has 0 aliphatic carbocycles. The summed E-state index contributed by atoms with van der Waals surface area (Å²) in [7, 11) is 1.60. The quantitative estimate of drug-likeness (QED) is 0.667. The Morgan fingerprint density at radius 3 is 2.10 bits per heavy atom. The van der Waals surface area contributed by atoms with E-state index in [0.29, 0.717) is 5.69 Å². The van der Waals surface area contributed by atoms with Crippen LogP contribution in [0.3, 0.4) is 0 Å². The van der Waals surface area contributed by atoms with Crippen molar-refractivity contribution in [3.63, 3.8) is 0 Å². The molecule has 0 aliphatic rings. The predicted molar refractivity (Wildman–Crippen MR) is 79.3 cm³/mol. The van der Waals surface area contributed by atoms with Crippen LogP contribution in [0, 0.1) is 13.8 Å². The van der Waals surface area contributed by atoms with E-state index in [1.807, 2.05) is 50.2 Å². The van der Waals surface area contributed by atoms with E-state index in [4.69, 9.17) is 19.9 Å². The summed E-state index contributed by atoms with van der Waals surface area (Å²) in [6.07, 6.45) is 0. The van der Waals surface area contributed by atoms with E-state index in [-0.39, 0.29) is 6.79 Å². The first-order chi connectivity index (χ1) is 9.60. The number of hydrogen-bond donors (Lipinski definition) is 1. The van der Waals surface area contributed by atoms with Gasteiger partial charge in [0.1, 0.15) is 17.2 Å². The fraction of sp³-hybridized carbons (Fsp3) is 0.250.